The van der Waals surface area contributed by atoms with Crippen LogP contribution in [0.2, 0.25) is 0 Å². The second-order valence-corrected chi connectivity index (χ2v) is 5.55. The summed E-state index contributed by atoms with van der Waals surface area (Å²) >= 11 is 0. The van der Waals surface area contributed by atoms with Gasteiger partial charge in [-0.15, -0.1) is 0 Å². The average Bonchev–Trinajstić information content (AvgIpc) is 2.63. The van der Waals surface area contributed by atoms with Crippen LogP contribution in [0.5, 0.6) is 5.75 Å². The highest BCUT2D eigenvalue weighted by Gasteiger charge is 2.17. The van der Waals surface area contributed by atoms with Crippen molar-refractivity contribution < 1.29 is 9.52 Å². The lowest BCUT2D eigenvalue weighted by Gasteiger charge is -2.10. The molecule has 3 nitrogen and oxygen atoms in total. The molecule has 0 aliphatic carbocycles. The number of phenols is 1. The molecule has 0 bridgehead atoms. The Balaban J connectivity index is 2.14. The van der Waals surface area contributed by atoms with Crippen molar-refractivity contribution in [1.29, 1.82) is 0 Å². The molecular formula is C21H14O3. The number of fused-ring (bicyclic) bond motifs is 1. The molecule has 1 N–H and O–H groups in total. The molecule has 0 aliphatic heterocycles. The summed E-state index contributed by atoms with van der Waals surface area (Å²) < 4.78 is 6.04. The Morgan fingerprint density at radius 1 is 0.750 bits per heavy atom. The van der Waals surface area contributed by atoms with Gasteiger partial charge in [0.25, 0.3) is 0 Å². The van der Waals surface area contributed by atoms with Crippen molar-refractivity contribution in [2.75, 3.05) is 0 Å². The maximum absolute atomic E-state index is 13.1. The molecule has 0 amide bonds. The van der Waals surface area contributed by atoms with E-state index < -0.39 is 0 Å². The van der Waals surface area contributed by atoms with E-state index in [0.717, 1.165) is 11.1 Å². The molecule has 0 spiro atoms. The van der Waals surface area contributed by atoms with Gasteiger partial charge >= 0.3 is 0 Å². The third-order valence-electron chi connectivity index (χ3n) is 3.97. The van der Waals surface area contributed by atoms with Crippen LogP contribution in [0.4, 0.5) is 0 Å². The zero-order chi connectivity index (χ0) is 16.5. The first-order chi connectivity index (χ1) is 11.7. The summed E-state index contributed by atoms with van der Waals surface area (Å²) in [6.45, 7) is 0. The predicted molar refractivity (Wildman–Crippen MR) is 95.0 cm³/mol. The second kappa shape index (κ2) is 5.70. The molecule has 0 radical (unpaired) electrons. The van der Waals surface area contributed by atoms with Crippen molar-refractivity contribution in [2.45, 2.75) is 0 Å². The van der Waals surface area contributed by atoms with Gasteiger partial charge in [-0.05, 0) is 17.7 Å². The fourth-order valence-corrected chi connectivity index (χ4v) is 2.84. The standard InChI is InChI=1S/C21H14O3/c22-16-11-12-17-18(13-16)24-21(15-9-5-2-6-10-15)19(20(17)23)14-7-3-1-4-8-14/h1-13,22H. The first-order valence-corrected chi connectivity index (χ1v) is 7.65. The van der Waals surface area contributed by atoms with Crippen molar-refractivity contribution in [1.82, 2.24) is 0 Å². The van der Waals surface area contributed by atoms with Crippen LogP contribution in [-0.4, -0.2) is 5.11 Å². The van der Waals surface area contributed by atoms with E-state index >= 15 is 0 Å². The van der Waals surface area contributed by atoms with Crippen LogP contribution in [0.1, 0.15) is 0 Å². The van der Waals surface area contributed by atoms with E-state index in [1.807, 2.05) is 60.7 Å². The Hall–Kier alpha value is -3.33. The molecule has 3 heteroatoms. The van der Waals surface area contributed by atoms with Crippen LogP contribution in [0, 0.1) is 0 Å². The SMILES string of the molecule is O=c1c(-c2ccccc2)c(-c2ccccc2)oc2cc(O)ccc12. The second-order valence-electron chi connectivity index (χ2n) is 5.55. The lowest BCUT2D eigenvalue weighted by Crippen LogP contribution is -2.07. The number of aromatic hydroxyl groups is 1. The van der Waals surface area contributed by atoms with E-state index in [4.69, 9.17) is 4.42 Å². The highest BCUT2D eigenvalue weighted by molar-refractivity contribution is 5.89. The number of hydrogen-bond acceptors (Lipinski definition) is 3. The van der Waals surface area contributed by atoms with E-state index in [1.165, 1.54) is 12.1 Å². The van der Waals surface area contributed by atoms with Crippen molar-refractivity contribution in [3.8, 4) is 28.2 Å². The van der Waals surface area contributed by atoms with Crippen LogP contribution in [-0.2, 0) is 0 Å². The third kappa shape index (κ3) is 2.36. The largest absolute Gasteiger partial charge is 0.508 e. The van der Waals surface area contributed by atoms with Crippen LogP contribution in [0.25, 0.3) is 33.4 Å². The van der Waals surface area contributed by atoms with E-state index in [0.29, 0.717) is 22.3 Å². The molecule has 116 valence electrons. The van der Waals surface area contributed by atoms with Gasteiger partial charge in [-0.25, -0.2) is 0 Å². The summed E-state index contributed by atoms with van der Waals surface area (Å²) in [5.41, 5.74) is 2.42. The summed E-state index contributed by atoms with van der Waals surface area (Å²) in [6, 6.07) is 23.6. The average molecular weight is 314 g/mol. The van der Waals surface area contributed by atoms with Gasteiger partial charge in [-0.2, -0.15) is 0 Å². The fourth-order valence-electron chi connectivity index (χ4n) is 2.84. The number of benzene rings is 3. The van der Waals surface area contributed by atoms with Gasteiger partial charge in [0.05, 0.1) is 10.9 Å². The molecule has 0 saturated carbocycles. The van der Waals surface area contributed by atoms with Gasteiger partial charge in [-0.3, -0.25) is 4.79 Å². The van der Waals surface area contributed by atoms with Crippen LogP contribution < -0.4 is 5.43 Å². The maximum atomic E-state index is 13.1. The lowest BCUT2D eigenvalue weighted by molar-refractivity contribution is 0.474. The quantitative estimate of drug-likeness (QED) is 0.576. The highest BCUT2D eigenvalue weighted by Crippen LogP contribution is 2.33. The molecule has 0 atom stereocenters. The molecule has 0 saturated heterocycles. The minimum Gasteiger partial charge on any atom is -0.508 e. The van der Waals surface area contributed by atoms with Crippen molar-refractivity contribution >= 4 is 11.0 Å². The van der Waals surface area contributed by atoms with E-state index in [9.17, 15) is 9.90 Å². The molecule has 1 aromatic heterocycles. The van der Waals surface area contributed by atoms with Crippen molar-refractivity contribution in [3.05, 3.63) is 89.1 Å². The fraction of sp³-hybridized carbons (Fsp3) is 0. The van der Waals surface area contributed by atoms with E-state index in [1.54, 1.807) is 6.07 Å². The zero-order valence-corrected chi connectivity index (χ0v) is 12.8. The Bertz CT molecular complexity index is 1060. The first kappa shape index (κ1) is 14.3. The molecule has 1 heterocycles. The Labute approximate surface area is 138 Å². The monoisotopic (exact) mass is 314 g/mol. The van der Waals surface area contributed by atoms with Gasteiger partial charge in [0.1, 0.15) is 17.1 Å². The maximum Gasteiger partial charge on any atom is 0.201 e. The Morgan fingerprint density at radius 2 is 1.38 bits per heavy atom. The van der Waals surface area contributed by atoms with Gasteiger partial charge in [-0.1, -0.05) is 60.7 Å². The van der Waals surface area contributed by atoms with Crippen molar-refractivity contribution in [2.24, 2.45) is 0 Å². The van der Waals surface area contributed by atoms with Gasteiger partial charge < -0.3 is 9.52 Å². The molecule has 24 heavy (non-hydrogen) atoms. The molecule has 0 aliphatic rings. The molecule has 0 fully saturated rings. The number of phenolic OH excluding ortho intramolecular Hbond substituents is 1. The van der Waals surface area contributed by atoms with Gasteiger partial charge in [0.15, 0.2) is 0 Å². The molecule has 4 rings (SSSR count). The number of rotatable bonds is 2. The molecule has 3 aromatic carbocycles. The van der Waals surface area contributed by atoms with Gasteiger partial charge in [0.2, 0.25) is 5.43 Å². The predicted octanol–water partition coefficient (Wildman–Crippen LogP) is 4.83. The highest BCUT2D eigenvalue weighted by atomic mass is 16.3. The van der Waals surface area contributed by atoms with E-state index in [2.05, 4.69) is 0 Å². The molecule has 0 unspecified atom stereocenters. The third-order valence-corrected chi connectivity index (χ3v) is 3.97. The van der Waals surface area contributed by atoms with Crippen LogP contribution in [0.3, 0.4) is 0 Å². The summed E-state index contributed by atoms with van der Waals surface area (Å²) in [4.78, 5) is 13.1. The van der Waals surface area contributed by atoms with Crippen LogP contribution >= 0.6 is 0 Å². The Morgan fingerprint density at radius 3 is 2.04 bits per heavy atom. The Kier molecular flexibility index (Phi) is 3.39. The minimum absolute atomic E-state index is 0.0668. The summed E-state index contributed by atoms with van der Waals surface area (Å²) in [5, 5.41) is 10.2. The first-order valence-electron chi connectivity index (χ1n) is 7.65. The lowest BCUT2D eigenvalue weighted by atomic mass is 9.98. The molecule has 4 aromatic rings. The molecular weight excluding hydrogens is 300 g/mol. The summed E-state index contributed by atoms with van der Waals surface area (Å²) in [5.74, 6) is 0.571. The van der Waals surface area contributed by atoms with Gasteiger partial charge in [0, 0.05) is 11.6 Å². The van der Waals surface area contributed by atoms with E-state index in [-0.39, 0.29) is 11.2 Å². The summed E-state index contributed by atoms with van der Waals surface area (Å²) in [7, 11) is 0. The number of hydrogen-bond donors (Lipinski definition) is 1. The smallest absolute Gasteiger partial charge is 0.201 e. The van der Waals surface area contributed by atoms with Crippen molar-refractivity contribution in [3.63, 3.8) is 0 Å². The zero-order valence-electron chi connectivity index (χ0n) is 12.8. The summed E-state index contributed by atoms with van der Waals surface area (Å²) in [6.07, 6.45) is 0. The topological polar surface area (TPSA) is 50.4 Å². The minimum atomic E-state index is -0.110. The normalized spacial score (nSPS) is 10.8. The van der Waals surface area contributed by atoms with Crippen LogP contribution in [0.15, 0.2) is 88.1 Å².